The van der Waals surface area contributed by atoms with E-state index in [1.165, 1.54) is 0 Å². The highest BCUT2D eigenvalue weighted by atomic mass is 35.5. The summed E-state index contributed by atoms with van der Waals surface area (Å²) in [5.74, 6) is -1.43. The van der Waals surface area contributed by atoms with Crippen molar-refractivity contribution >= 4 is 17.6 Å². The lowest BCUT2D eigenvalue weighted by Crippen LogP contribution is -2.12. The Balaban J connectivity index is 2.79. The Labute approximate surface area is 93.3 Å². The molecule has 1 atom stereocenters. The van der Waals surface area contributed by atoms with Gasteiger partial charge in [0.2, 0.25) is 0 Å². The lowest BCUT2D eigenvalue weighted by atomic mass is 9.95. The fourth-order valence-corrected chi connectivity index (χ4v) is 1.55. The topological polar surface area (TPSA) is 57.5 Å². The Morgan fingerprint density at radius 2 is 1.93 bits per heavy atom. The lowest BCUT2D eigenvalue weighted by molar-refractivity contribution is -0.139. The Bertz CT molecular complexity index is 321. The first-order valence-corrected chi connectivity index (χ1v) is 5.12. The van der Waals surface area contributed by atoms with Crippen LogP contribution in [0.15, 0.2) is 24.3 Å². The highest BCUT2D eigenvalue weighted by Crippen LogP contribution is 2.23. The van der Waals surface area contributed by atoms with Crippen molar-refractivity contribution in [2.24, 2.45) is 0 Å². The van der Waals surface area contributed by atoms with Gasteiger partial charge in [-0.15, -0.1) is 0 Å². The van der Waals surface area contributed by atoms with Crippen LogP contribution in [0.3, 0.4) is 0 Å². The zero-order valence-corrected chi connectivity index (χ0v) is 8.94. The predicted octanol–water partition coefficient (Wildman–Crippen LogP) is 2.28. The normalized spacial score (nSPS) is 12.4. The molecular formula is C11H13ClO3. The summed E-state index contributed by atoms with van der Waals surface area (Å²) in [6, 6.07) is 6.76. The van der Waals surface area contributed by atoms with Gasteiger partial charge in [0.1, 0.15) is 0 Å². The molecule has 0 aliphatic carbocycles. The van der Waals surface area contributed by atoms with Gasteiger partial charge >= 0.3 is 5.97 Å². The van der Waals surface area contributed by atoms with E-state index in [0.29, 0.717) is 17.9 Å². The number of halogens is 1. The van der Waals surface area contributed by atoms with Crippen LogP contribution in [0.4, 0.5) is 0 Å². The van der Waals surface area contributed by atoms with E-state index < -0.39 is 11.9 Å². The molecule has 3 nitrogen and oxygen atoms in total. The highest BCUT2D eigenvalue weighted by molar-refractivity contribution is 6.30. The smallest absolute Gasteiger partial charge is 0.310 e. The highest BCUT2D eigenvalue weighted by Gasteiger charge is 2.18. The second-order valence-corrected chi connectivity index (χ2v) is 3.74. The minimum absolute atomic E-state index is 0.0113. The maximum atomic E-state index is 11.0. The molecule has 0 spiro atoms. The number of carboxylic acids is 1. The van der Waals surface area contributed by atoms with Crippen LogP contribution in [0.1, 0.15) is 24.3 Å². The van der Waals surface area contributed by atoms with Gasteiger partial charge in [0.05, 0.1) is 5.92 Å². The molecule has 0 aliphatic heterocycles. The molecule has 0 aliphatic rings. The summed E-state index contributed by atoms with van der Waals surface area (Å²) in [4.78, 5) is 11.0. The molecule has 4 heteroatoms. The van der Waals surface area contributed by atoms with E-state index in [0.717, 1.165) is 5.56 Å². The summed E-state index contributed by atoms with van der Waals surface area (Å²) in [6.45, 7) is 0.0113. The van der Waals surface area contributed by atoms with Crippen molar-refractivity contribution < 1.29 is 15.0 Å². The molecule has 0 heterocycles. The predicted molar refractivity (Wildman–Crippen MR) is 58.1 cm³/mol. The molecule has 15 heavy (non-hydrogen) atoms. The lowest BCUT2D eigenvalue weighted by Gasteiger charge is -2.11. The van der Waals surface area contributed by atoms with Crippen molar-refractivity contribution in [2.45, 2.75) is 18.8 Å². The summed E-state index contributed by atoms with van der Waals surface area (Å²) in [6.07, 6.45) is 0.924. The van der Waals surface area contributed by atoms with Gasteiger partial charge in [-0.2, -0.15) is 0 Å². The Morgan fingerprint density at radius 3 is 2.40 bits per heavy atom. The third kappa shape index (κ3) is 3.53. The minimum atomic E-state index is -0.870. The largest absolute Gasteiger partial charge is 0.481 e. The molecule has 2 N–H and O–H groups in total. The van der Waals surface area contributed by atoms with Crippen LogP contribution < -0.4 is 0 Å². The van der Waals surface area contributed by atoms with Gasteiger partial charge in [-0.05, 0) is 30.5 Å². The van der Waals surface area contributed by atoms with Crippen molar-refractivity contribution in [1.82, 2.24) is 0 Å². The zero-order chi connectivity index (χ0) is 11.3. The fraction of sp³-hybridized carbons (Fsp3) is 0.364. The van der Waals surface area contributed by atoms with Crippen LogP contribution in [0.5, 0.6) is 0 Å². The van der Waals surface area contributed by atoms with Gasteiger partial charge in [-0.1, -0.05) is 23.7 Å². The van der Waals surface area contributed by atoms with E-state index in [9.17, 15) is 4.79 Å². The van der Waals surface area contributed by atoms with Crippen molar-refractivity contribution in [3.8, 4) is 0 Å². The molecule has 0 radical (unpaired) electrons. The second kappa shape index (κ2) is 5.73. The molecular weight excluding hydrogens is 216 g/mol. The van der Waals surface area contributed by atoms with Crippen LogP contribution in [0.25, 0.3) is 0 Å². The van der Waals surface area contributed by atoms with Crippen LogP contribution in [-0.2, 0) is 4.79 Å². The number of carbonyl (C=O) groups is 1. The third-order valence-electron chi connectivity index (χ3n) is 2.22. The summed E-state index contributed by atoms with van der Waals surface area (Å²) < 4.78 is 0. The molecule has 0 saturated heterocycles. The molecule has 82 valence electrons. The number of aliphatic hydroxyl groups excluding tert-OH is 1. The molecule has 1 aromatic rings. The van der Waals surface area contributed by atoms with E-state index >= 15 is 0 Å². The number of benzene rings is 1. The Hall–Kier alpha value is -1.06. The summed E-state index contributed by atoms with van der Waals surface area (Å²) >= 11 is 5.71. The SMILES string of the molecule is O=C(O)[C@@H](CCCO)c1ccc(Cl)cc1. The number of hydrogen-bond donors (Lipinski definition) is 2. The van der Waals surface area contributed by atoms with Crippen molar-refractivity contribution in [1.29, 1.82) is 0 Å². The number of rotatable bonds is 5. The molecule has 0 saturated carbocycles. The molecule has 0 aromatic heterocycles. The van der Waals surface area contributed by atoms with E-state index in [1.54, 1.807) is 24.3 Å². The molecule has 1 aromatic carbocycles. The van der Waals surface area contributed by atoms with Crippen LogP contribution in [0, 0.1) is 0 Å². The van der Waals surface area contributed by atoms with Gasteiger partial charge in [0.15, 0.2) is 0 Å². The molecule has 0 unspecified atom stereocenters. The summed E-state index contributed by atoms with van der Waals surface area (Å²) in [5, 5.41) is 18.3. The first kappa shape index (κ1) is 12.0. The van der Waals surface area contributed by atoms with Crippen LogP contribution in [-0.4, -0.2) is 22.8 Å². The van der Waals surface area contributed by atoms with E-state index in [4.69, 9.17) is 21.8 Å². The molecule has 0 fully saturated rings. The first-order valence-electron chi connectivity index (χ1n) is 4.74. The number of aliphatic hydroxyl groups is 1. The van der Waals surface area contributed by atoms with Crippen LogP contribution >= 0.6 is 11.6 Å². The van der Waals surface area contributed by atoms with Gasteiger partial charge in [0.25, 0.3) is 0 Å². The van der Waals surface area contributed by atoms with E-state index in [1.807, 2.05) is 0 Å². The first-order chi connectivity index (χ1) is 7.15. The monoisotopic (exact) mass is 228 g/mol. The molecule has 0 amide bonds. The average Bonchev–Trinajstić information content (AvgIpc) is 2.21. The van der Waals surface area contributed by atoms with Gasteiger partial charge in [0, 0.05) is 11.6 Å². The third-order valence-corrected chi connectivity index (χ3v) is 2.47. The summed E-state index contributed by atoms with van der Waals surface area (Å²) in [7, 11) is 0. The van der Waals surface area contributed by atoms with Gasteiger partial charge in [-0.25, -0.2) is 0 Å². The molecule has 1 rings (SSSR count). The maximum Gasteiger partial charge on any atom is 0.310 e. The molecule has 0 bridgehead atoms. The van der Waals surface area contributed by atoms with Crippen LogP contribution in [0.2, 0.25) is 5.02 Å². The van der Waals surface area contributed by atoms with Crippen molar-refractivity contribution in [3.05, 3.63) is 34.9 Å². The van der Waals surface area contributed by atoms with Gasteiger partial charge in [-0.3, -0.25) is 4.79 Å². The number of hydrogen-bond acceptors (Lipinski definition) is 2. The van der Waals surface area contributed by atoms with E-state index in [2.05, 4.69) is 0 Å². The zero-order valence-electron chi connectivity index (χ0n) is 8.19. The fourth-order valence-electron chi connectivity index (χ4n) is 1.42. The number of carboxylic acid groups (broad SMARTS) is 1. The quantitative estimate of drug-likeness (QED) is 0.813. The van der Waals surface area contributed by atoms with Crippen molar-refractivity contribution in [3.63, 3.8) is 0 Å². The Morgan fingerprint density at radius 1 is 1.33 bits per heavy atom. The second-order valence-electron chi connectivity index (χ2n) is 3.31. The summed E-state index contributed by atoms with van der Waals surface area (Å²) in [5.41, 5.74) is 0.723. The maximum absolute atomic E-state index is 11.0. The average molecular weight is 229 g/mol. The standard InChI is InChI=1S/C11H13ClO3/c12-9-5-3-8(4-6-9)10(11(14)15)2-1-7-13/h3-6,10,13H,1-2,7H2,(H,14,15)/t10-/m0/s1. The number of aliphatic carboxylic acids is 1. The van der Waals surface area contributed by atoms with Crippen molar-refractivity contribution in [2.75, 3.05) is 6.61 Å². The Kier molecular flexibility index (Phi) is 4.59. The van der Waals surface area contributed by atoms with Gasteiger partial charge < -0.3 is 10.2 Å². The van der Waals surface area contributed by atoms with E-state index in [-0.39, 0.29) is 6.61 Å². The minimum Gasteiger partial charge on any atom is -0.481 e.